The first-order chi connectivity index (χ1) is 8.03. The second-order valence-corrected chi connectivity index (χ2v) is 6.94. The zero-order valence-electron chi connectivity index (χ0n) is 9.92. The molecule has 0 spiro atoms. The van der Waals surface area contributed by atoms with Crippen LogP contribution < -0.4 is 4.89 Å². The molecule has 0 aliphatic carbocycles. The molecule has 1 aromatic carbocycles. The van der Waals surface area contributed by atoms with Gasteiger partial charge in [0.05, 0.1) is 5.60 Å². The Balaban J connectivity index is 3.14. The first-order valence-corrected chi connectivity index (χ1v) is 7.15. The minimum atomic E-state index is -4.23. The lowest BCUT2D eigenvalue weighted by Crippen LogP contribution is -2.34. The van der Waals surface area contributed by atoms with Crippen molar-refractivity contribution in [3.8, 4) is 0 Å². The molecule has 102 valence electrons. The van der Waals surface area contributed by atoms with Gasteiger partial charge in [0.2, 0.25) is 0 Å². The van der Waals surface area contributed by atoms with Crippen LogP contribution in [0.5, 0.6) is 0 Å². The van der Waals surface area contributed by atoms with Gasteiger partial charge < -0.3 is 0 Å². The zero-order valence-corrected chi connectivity index (χ0v) is 12.3. The largest absolute Gasteiger partial charge is 0.281 e. The lowest BCUT2D eigenvalue weighted by atomic mass is 10.2. The van der Waals surface area contributed by atoms with E-state index in [-0.39, 0.29) is 4.47 Å². The molecule has 1 N–H and O–H groups in total. The number of halogens is 3. The highest BCUT2D eigenvalue weighted by Gasteiger charge is 2.26. The summed E-state index contributed by atoms with van der Waals surface area (Å²) in [5.41, 5.74) is -0.782. The van der Waals surface area contributed by atoms with Crippen molar-refractivity contribution in [1.82, 2.24) is 4.89 Å². The third-order valence-corrected chi connectivity index (χ3v) is 3.83. The van der Waals surface area contributed by atoms with Gasteiger partial charge in [-0.25, -0.2) is 17.2 Å². The average molecular weight is 344 g/mol. The van der Waals surface area contributed by atoms with Crippen molar-refractivity contribution in [2.24, 2.45) is 0 Å². The van der Waals surface area contributed by atoms with Crippen LogP contribution in [0.4, 0.5) is 8.78 Å². The van der Waals surface area contributed by atoms with Crippen LogP contribution in [0.1, 0.15) is 20.8 Å². The predicted octanol–water partition coefficient (Wildman–Crippen LogP) is 2.74. The van der Waals surface area contributed by atoms with E-state index < -0.39 is 32.2 Å². The van der Waals surface area contributed by atoms with Crippen LogP contribution in [0.2, 0.25) is 0 Å². The maximum atomic E-state index is 13.5. The minimum Gasteiger partial charge on any atom is -0.281 e. The lowest BCUT2D eigenvalue weighted by molar-refractivity contribution is -0.0358. The van der Waals surface area contributed by atoms with Crippen LogP contribution in [-0.2, 0) is 14.9 Å². The van der Waals surface area contributed by atoms with Gasteiger partial charge in [-0.15, -0.1) is 0 Å². The first kappa shape index (κ1) is 15.5. The highest BCUT2D eigenvalue weighted by molar-refractivity contribution is 9.10. The molecule has 0 amide bonds. The fourth-order valence-electron chi connectivity index (χ4n) is 1.01. The molecule has 0 bridgehead atoms. The van der Waals surface area contributed by atoms with Gasteiger partial charge in [-0.2, -0.15) is 0 Å². The normalized spacial score (nSPS) is 12.8. The fourth-order valence-corrected chi connectivity index (χ4v) is 3.13. The minimum absolute atomic E-state index is 0.218. The molecule has 0 saturated carbocycles. The molecule has 0 atom stereocenters. The van der Waals surface area contributed by atoms with E-state index in [4.69, 9.17) is 4.84 Å². The molecule has 0 fully saturated rings. The first-order valence-electron chi connectivity index (χ1n) is 4.87. The number of benzene rings is 1. The van der Waals surface area contributed by atoms with Crippen LogP contribution in [0.15, 0.2) is 21.5 Å². The van der Waals surface area contributed by atoms with E-state index in [2.05, 4.69) is 15.9 Å². The zero-order chi connectivity index (χ0) is 14.1. The molecule has 0 aromatic heterocycles. The van der Waals surface area contributed by atoms with Gasteiger partial charge in [-0.3, -0.25) is 4.84 Å². The van der Waals surface area contributed by atoms with Gasteiger partial charge in [0, 0.05) is 10.5 Å². The maximum absolute atomic E-state index is 13.5. The monoisotopic (exact) mass is 343 g/mol. The summed E-state index contributed by atoms with van der Waals surface area (Å²) in [5.74, 6) is -2.08. The summed E-state index contributed by atoms with van der Waals surface area (Å²) in [6, 6.07) is 1.34. The van der Waals surface area contributed by atoms with E-state index in [0.29, 0.717) is 6.07 Å². The number of rotatable bonds is 3. The van der Waals surface area contributed by atoms with E-state index >= 15 is 0 Å². The Morgan fingerprint density at radius 1 is 1.28 bits per heavy atom. The van der Waals surface area contributed by atoms with Crippen LogP contribution >= 0.6 is 15.9 Å². The smallest absolute Gasteiger partial charge is 0.266 e. The Morgan fingerprint density at radius 3 is 2.28 bits per heavy atom. The maximum Gasteiger partial charge on any atom is 0.266 e. The van der Waals surface area contributed by atoms with Crippen molar-refractivity contribution in [3.63, 3.8) is 0 Å². The number of hydrogen-bond donors (Lipinski definition) is 1. The fraction of sp³-hybridized carbons (Fsp3) is 0.400. The highest BCUT2D eigenvalue weighted by Crippen LogP contribution is 2.26. The second kappa shape index (κ2) is 5.20. The van der Waals surface area contributed by atoms with E-state index in [1.165, 1.54) is 0 Å². The Bertz CT molecular complexity index is 532. The van der Waals surface area contributed by atoms with Crippen molar-refractivity contribution >= 4 is 26.0 Å². The van der Waals surface area contributed by atoms with Crippen molar-refractivity contribution in [2.45, 2.75) is 31.3 Å². The van der Waals surface area contributed by atoms with Gasteiger partial charge in [0.15, 0.2) is 0 Å². The summed E-state index contributed by atoms with van der Waals surface area (Å²) >= 11 is 2.80. The molecule has 0 aliphatic heterocycles. The molecule has 0 radical (unpaired) electrons. The standard InChI is InChI=1S/C10H12BrF2NO3S/c1-10(2,3)17-14-18(15,16)9-7(11)4-6(12)5-8(9)13/h4-5,14H,1-3H3. The van der Waals surface area contributed by atoms with Crippen LogP contribution in [0.25, 0.3) is 0 Å². The van der Waals surface area contributed by atoms with Crippen molar-refractivity contribution < 1.29 is 22.0 Å². The number of hydrogen-bond acceptors (Lipinski definition) is 3. The van der Waals surface area contributed by atoms with Crippen LogP contribution in [-0.4, -0.2) is 14.0 Å². The quantitative estimate of drug-likeness (QED) is 0.858. The third-order valence-electron chi connectivity index (χ3n) is 1.69. The van der Waals surface area contributed by atoms with E-state index in [1.807, 2.05) is 0 Å². The molecule has 18 heavy (non-hydrogen) atoms. The Kier molecular flexibility index (Phi) is 4.47. The molecule has 4 nitrogen and oxygen atoms in total. The molecule has 8 heteroatoms. The molecule has 1 aromatic rings. The Labute approximate surface area is 112 Å². The molecule has 1 rings (SSSR count). The summed E-state index contributed by atoms with van der Waals surface area (Å²) in [6.07, 6.45) is 0. The van der Waals surface area contributed by atoms with Gasteiger partial charge in [0.25, 0.3) is 10.0 Å². The Hall–Kier alpha value is -0.570. The van der Waals surface area contributed by atoms with Gasteiger partial charge >= 0.3 is 0 Å². The van der Waals surface area contributed by atoms with Crippen LogP contribution in [0, 0.1) is 11.6 Å². The van der Waals surface area contributed by atoms with Crippen molar-refractivity contribution in [3.05, 3.63) is 28.2 Å². The van der Waals surface area contributed by atoms with Crippen molar-refractivity contribution in [1.29, 1.82) is 0 Å². The summed E-state index contributed by atoms with van der Waals surface area (Å²) in [7, 11) is -4.23. The van der Waals surface area contributed by atoms with Gasteiger partial charge in [-0.1, -0.05) is 4.89 Å². The topological polar surface area (TPSA) is 55.4 Å². The summed E-state index contributed by atoms with van der Waals surface area (Å²) in [5, 5.41) is 0. The predicted molar refractivity (Wildman–Crippen MR) is 65.2 cm³/mol. The van der Waals surface area contributed by atoms with Crippen molar-refractivity contribution in [2.75, 3.05) is 0 Å². The molecule has 0 heterocycles. The van der Waals surface area contributed by atoms with E-state index in [9.17, 15) is 17.2 Å². The molecule has 0 aliphatic rings. The molecular formula is C10H12BrF2NO3S. The third kappa shape index (κ3) is 3.98. The summed E-state index contributed by atoms with van der Waals surface area (Å²) < 4.78 is 49.7. The average Bonchev–Trinajstić information content (AvgIpc) is 2.11. The van der Waals surface area contributed by atoms with E-state index in [0.717, 1.165) is 6.07 Å². The summed E-state index contributed by atoms with van der Waals surface area (Å²) in [4.78, 5) is 5.96. The number of sulfonamides is 1. The van der Waals surface area contributed by atoms with E-state index in [1.54, 1.807) is 25.7 Å². The Morgan fingerprint density at radius 2 is 1.83 bits per heavy atom. The summed E-state index contributed by atoms with van der Waals surface area (Å²) in [6.45, 7) is 4.85. The lowest BCUT2D eigenvalue weighted by Gasteiger charge is -2.19. The highest BCUT2D eigenvalue weighted by atomic mass is 79.9. The second-order valence-electron chi connectivity index (χ2n) is 4.50. The van der Waals surface area contributed by atoms with Gasteiger partial charge in [0.1, 0.15) is 16.5 Å². The molecular weight excluding hydrogens is 332 g/mol. The SMILES string of the molecule is CC(C)(C)ONS(=O)(=O)c1c(F)cc(F)cc1Br. The molecule has 0 saturated heterocycles. The molecule has 0 unspecified atom stereocenters. The van der Waals surface area contributed by atoms with Gasteiger partial charge in [-0.05, 0) is 42.8 Å². The number of nitrogens with one attached hydrogen (secondary N) is 1. The van der Waals surface area contributed by atoms with Crippen LogP contribution in [0.3, 0.4) is 0 Å².